The van der Waals surface area contributed by atoms with Gasteiger partial charge in [0.2, 0.25) is 0 Å². The van der Waals surface area contributed by atoms with Gasteiger partial charge in [-0.05, 0) is 31.1 Å². The van der Waals surface area contributed by atoms with Crippen molar-refractivity contribution in [2.24, 2.45) is 11.8 Å². The molecule has 1 N–H and O–H groups in total. The highest BCUT2D eigenvalue weighted by molar-refractivity contribution is 7.87. The van der Waals surface area contributed by atoms with Gasteiger partial charge in [0.25, 0.3) is 10.2 Å². The van der Waals surface area contributed by atoms with Gasteiger partial charge in [-0.2, -0.15) is 17.4 Å². The van der Waals surface area contributed by atoms with Crippen LogP contribution < -0.4 is 4.72 Å². The summed E-state index contributed by atoms with van der Waals surface area (Å²) >= 11 is 0. The number of nitrogens with zero attached hydrogens (tertiary/aromatic N) is 1. The van der Waals surface area contributed by atoms with Gasteiger partial charge < -0.3 is 0 Å². The van der Waals surface area contributed by atoms with Gasteiger partial charge in [0.05, 0.1) is 0 Å². The molecule has 1 saturated carbocycles. The van der Waals surface area contributed by atoms with Crippen molar-refractivity contribution in [3.05, 3.63) is 0 Å². The molecule has 1 saturated heterocycles. The van der Waals surface area contributed by atoms with Crippen molar-refractivity contribution in [3.63, 3.8) is 0 Å². The third-order valence-electron chi connectivity index (χ3n) is 4.91. The lowest BCUT2D eigenvalue weighted by molar-refractivity contribution is 0.223. The Hall–Kier alpha value is -0.130. The van der Waals surface area contributed by atoms with Crippen LogP contribution in [0.15, 0.2) is 0 Å². The summed E-state index contributed by atoms with van der Waals surface area (Å²) in [7, 11) is -3.28. The number of hydrogen-bond acceptors (Lipinski definition) is 2. The highest BCUT2D eigenvalue weighted by Gasteiger charge is 2.32. The zero-order valence-electron chi connectivity index (χ0n) is 12.3. The van der Waals surface area contributed by atoms with Crippen molar-refractivity contribution in [1.29, 1.82) is 0 Å². The summed E-state index contributed by atoms with van der Waals surface area (Å²) in [6, 6.07) is 0.122. The predicted molar refractivity (Wildman–Crippen MR) is 78.1 cm³/mol. The van der Waals surface area contributed by atoms with Crippen LogP contribution in [-0.4, -0.2) is 31.9 Å². The molecule has 2 rings (SSSR count). The van der Waals surface area contributed by atoms with Gasteiger partial charge in [0.1, 0.15) is 0 Å². The third-order valence-corrected chi connectivity index (χ3v) is 6.56. The molecule has 0 spiro atoms. The molecule has 19 heavy (non-hydrogen) atoms. The molecule has 3 atom stereocenters. The summed E-state index contributed by atoms with van der Waals surface area (Å²) in [4.78, 5) is 0. The molecule has 1 aliphatic heterocycles. The Labute approximate surface area is 118 Å². The van der Waals surface area contributed by atoms with Crippen LogP contribution in [0.1, 0.15) is 58.8 Å². The van der Waals surface area contributed by atoms with E-state index in [1.807, 2.05) is 0 Å². The van der Waals surface area contributed by atoms with E-state index in [0.717, 1.165) is 38.5 Å². The van der Waals surface area contributed by atoms with Crippen LogP contribution >= 0.6 is 0 Å². The van der Waals surface area contributed by atoms with E-state index in [1.165, 1.54) is 6.42 Å². The zero-order valence-corrected chi connectivity index (χ0v) is 13.1. The van der Waals surface area contributed by atoms with Crippen molar-refractivity contribution in [1.82, 2.24) is 9.03 Å². The minimum atomic E-state index is -3.28. The zero-order chi connectivity index (χ0) is 13.9. The summed E-state index contributed by atoms with van der Waals surface area (Å²) in [5.74, 6) is 1.06. The van der Waals surface area contributed by atoms with E-state index < -0.39 is 10.2 Å². The number of hydrogen-bond donors (Lipinski definition) is 1. The minimum Gasteiger partial charge on any atom is -0.199 e. The van der Waals surface area contributed by atoms with Gasteiger partial charge in [0, 0.05) is 19.1 Å². The standard InChI is InChI=1S/C14H28N2O2S/c1-12-8-7-9-14(13(12)2)15-19(17,18)16-10-5-3-4-6-11-16/h12-15H,3-11H2,1-2H3/t12-,13+,14-/m1/s1. The van der Waals surface area contributed by atoms with Gasteiger partial charge in [-0.25, -0.2) is 0 Å². The third kappa shape index (κ3) is 3.92. The molecular formula is C14H28N2O2S. The molecule has 1 heterocycles. The Kier molecular flexibility index (Phi) is 5.26. The lowest BCUT2D eigenvalue weighted by atomic mass is 9.78. The monoisotopic (exact) mass is 288 g/mol. The second-order valence-electron chi connectivity index (χ2n) is 6.31. The molecule has 0 aromatic rings. The maximum absolute atomic E-state index is 12.5. The highest BCUT2D eigenvalue weighted by atomic mass is 32.2. The largest absolute Gasteiger partial charge is 0.279 e. The van der Waals surface area contributed by atoms with E-state index in [1.54, 1.807) is 4.31 Å². The molecule has 0 aromatic heterocycles. The average Bonchev–Trinajstić information content (AvgIpc) is 2.64. The van der Waals surface area contributed by atoms with Crippen LogP contribution in [0.5, 0.6) is 0 Å². The number of rotatable bonds is 3. The Balaban J connectivity index is 1.99. The maximum Gasteiger partial charge on any atom is 0.279 e. The molecule has 1 aliphatic carbocycles. The summed E-state index contributed by atoms with van der Waals surface area (Å²) in [5.41, 5.74) is 0. The molecule has 4 nitrogen and oxygen atoms in total. The molecule has 0 radical (unpaired) electrons. The van der Waals surface area contributed by atoms with Gasteiger partial charge >= 0.3 is 0 Å². The fourth-order valence-electron chi connectivity index (χ4n) is 3.30. The van der Waals surface area contributed by atoms with Gasteiger partial charge in [0.15, 0.2) is 0 Å². The highest BCUT2D eigenvalue weighted by Crippen LogP contribution is 2.30. The Morgan fingerprint density at radius 3 is 2.21 bits per heavy atom. The quantitative estimate of drug-likeness (QED) is 0.867. The molecule has 0 amide bonds. The lowest BCUT2D eigenvalue weighted by Crippen LogP contribution is -2.49. The normalized spacial score (nSPS) is 34.9. The molecular weight excluding hydrogens is 260 g/mol. The van der Waals surface area contributed by atoms with Crippen LogP contribution in [0.25, 0.3) is 0 Å². The summed E-state index contributed by atoms with van der Waals surface area (Å²) in [6.07, 6.45) is 7.65. The van der Waals surface area contributed by atoms with Gasteiger partial charge in [-0.1, -0.05) is 39.5 Å². The van der Waals surface area contributed by atoms with E-state index in [0.29, 0.717) is 24.9 Å². The molecule has 0 aromatic carbocycles. The van der Waals surface area contributed by atoms with E-state index in [-0.39, 0.29) is 6.04 Å². The molecule has 0 bridgehead atoms. The summed E-state index contributed by atoms with van der Waals surface area (Å²) in [5, 5.41) is 0. The van der Waals surface area contributed by atoms with E-state index >= 15 is 0 Å². The van der Waals surface area contributed by atoms with Crippen molar-refractivity contribution in [3.8, 4) is 0 Å². The predicted octanol–water partition coefficient (Wildman–Crippen LogP) is 2.52. The smallest absolute Gasteiger partial charge is 0.199 e. The van der Waals surface area contributed by atoms with Crippen molar-refractivity contribution in [2.45, 2.75) is 64.8 Å². The van der Waals surface area contributed by atoms with Crippen LogP contribution in [0.4, 0.5) is 0 Å². The second kappa shape index (κ2) is 6.55. The Morgan fingerprint density at radius 2 is 1.58 bits per heavy atom. The first-order chi connectivity index (χ1) is 9.00. The fraction of sp³-hybridized carbons (Fsp3) is 1.00. The van der Waals surface area contributed by atoms with Crippen molar-refractivity contribution in [2.75, 3.05) is 13.1 Å². The van der Waals surface area contributed by atoms with E-state index in [9.17, 15) is 8.42 Å². The fourth-order valence-corrected chi connectivity index (χ4v) is 4.90. The molecule has 2 aliphatic rings. The lowest BCUT2D eigenvalue weighted by Gasteiger charge is -2.35. The van der Waals surface area contributed by atoms with Crippen LogP contribution in [-0.2, 0) is 10.2 Å². The second-order valence-corrected chi connectivity index (χ2v) is 8.01. The molecule has 5 heteroatoms. The maximum atomic E-state index is 12.5. The van der Waals surface area contributed by atoms with E-state index in [4.69, 9.17) is 0 Å². The summed E-state index contributed by atoms with van der Waals surface area (Å²) < 4.78 is 29.6. The minimum absolute atomic E-state index is 0.122. The first-order valence-corrected chi connectivity index (χ1v) is 9.22. The van der Waals surface area contributed by atoms with Crippen LogP contribution in [0.2, 0.25) is 0 Å². The van der Waals surface area contributed by atoms with E-state index in [2.05, 4.69) is 18.6 Å². The average molecular weight is 288 g/mol. The Morgan fingerprint density at radius 1 is 0.947 bits per heavy atom. The van der Waals surface area contributed by atoms with Crippen molar-refractivity contribution < 1.29 is 8.42 Å². The van der Waals surface area contributed by atoms with Crippen LogP contribution in [0.3, 0.4) is 0 Å². The van der Waals surface area contributed by atoms with Crippen LogP contribution in [0, 0.1) is 11.8 Å². The van der Waals surface area contributed by atoms with Crippen molar-refractivity contribution >= 4 is 10.2 Å². The SMILES string of the molecule is C[C@H]1[C@H](C)CCC[C@H]1NS(=O)(=O)N1CCCCCC1. The number of nitrogens with one attached hydrogen (secondary N) is 1. The Bertz CT molecular complexity index is 375. The topological polar surface area (TPSA) is 49.4 Å². The summed E-state index contributed by atoms with van der Waals surface area (Å²) in [6.45, 7) is 5.79. The first-order valence-electron chi connectivity index (χ1n) is 7.78. The first kappa shape index (κ1) is 15.3. The molecule has 0 unspecified atom stereocenters. The van der Waals surface area contributed by atoms with Gasteiger partial charge in [-0.15, -0.1) is 0 Å². The van der Waals surface area contributed by atoms with Gasteiger partial charge in [-0.3, -0.25) is 0 Å². The molecule has 2 fully saturated rings. The molecule has 112 valence electrons.